The molecule has 0 amide bonds. The third kappa shape index (κ3) is 3.30. The Labute approximate surface area is 111 Å². The predicted octanol–water partition coefficient (Wildman–Crippen LogP) is 2.20. The van der Waals surface area contributed by atoms with E-state index in [4.69, 9.17) is 11.6 Å². The average molecular weight is 264 g/mol. The number of anilines is 2. The summed E-state index contributed by atoms with van der Waals surface area (Å²) in [7, 11) is 3.92. The molecule has 2 aromatic heterocycles. The lowest BCUT2D eigenvalue weighted by Crippen LogP contribution is -2.11. The average Bonchev–Trinajstić information content (AvgIpc) is 2.38. The van der Waals surface area contributed by atoms with Gasteiger partial charge in [0.1, 0.15) is 5.82 Å². The summed E-state index contributed by atoms with van der Waals surface area (Å²) in [6.07, 6.45) is 4.92. The van der Waals surface area contributed by atoms with Gasteiger partial charge >= 0.3 is 0 Å². The van der Waals surface area contributed by atoms with Crippen LogP contribution >= 0.6 is 11.6 Å². The fourth-order valence-corrected chi connectivity index (χ4v) is 1.50. The lowest BCUT2D eigenvalue weighted by atomic mass is 10.2. The number of halogens is 1. The molecule has 0 aliphatic rings. The topological polar surface area (TPSA) is 53.9 Å². The molecule has 0 saturated carbocycles. The first-order chi connectivity index (χ1) is 8.65. The number of nitrogens with one attached hydrogen (secondary N) is 1. The lowest BCUT2D eigenvalue weighted by Gasteiger charge is -2.12. The van der Waals surface area contributed by atoms with E-state index >= 15 is 0 Å². The van der Waals surface area contributed by atoms with Crippen molar-refractivity contribution < 1.29 is 0 Å². The van der Waals surface area contributed by atoms with Crippen LogP contribution in [0.3, 0.4) is 0 Å². The summed E-state index contributed by atoms with van der Waals surface area (Å²) in [5.41, 5.74) is 1.12. The van der Waals surface area contributed by atoms with Crippen molar-refractivity contribution >= 4 is 23.4 Å². The van der Waals surface area contributed by atoms with Crippen molar-refractivity contribution in [3.05, 3.63) is 41.3 Å². The number of hydrogen-bond acceptors (Lipinski definition) is 5. The van der Waals surface area contributed by atoms with Crippen LogP contribution in [-0.4, -0.2) is 29.0 Å². The van der Waals surface area contributed by atoms with E-state index in [0.717, 1.165) is 11.4 Å². The van der Waals surface area contributed by atoms with E-state index in [2.05, 4.69) is 20.3 Å². The Morgan fingerprint density at radius 2 is 1.94 bits per heavy atom. The largest absolute Gasteiger partial charge is 0.363 e. The highest BCUT2D eigenvalue weighted by Gasteiger charge is 2.00. The summed E-state index contributed by atoms with van der Waals surface area (Å²) in [5, 5.41) is 3.65. The van der Waals surface area contributed by atoms with Crippen LogP contribution in [0.2, 0.25) is 5.02 Å². The van der Waals surface area contributed by atoms with E-state index in [-0.39, 0.29) is 0 Å². The van der Waals surface area contributed by atoms with Gasteiger partial charge in [0.05, 0.1) is 17.4 Å². The maximum Gasteiger partial charge on any atom is 0.222 e. The Hall–Kier alpha value is -1.88. The van der Waals surface area contributed by atoms with Crippen LogP contribution in [0.25, 0.3) is 0 Å². The third-order valence-electron chi connectivity index (χ3n) is 2.34. The zero-order chi connectivity index (χ0) is 13.0. The molecule has 0 radical (unpaired) electrons. The van der Waals surface area contributed by atoms with E-state index < -0.39 is 0 Å². The molecule has 0 aliphatic heterocycles. The van der Waals surface area contributed by atoms with Gasteiger partial charge in [-0.25, -0.2) is 15.0 Å². The van der Waals surface area contributed by atoms with Crippen LogP contribution < -0.4 is 10.2 Å². The summed E-state index contributed by atoms with van der Waals surface area (Å²) in [6, 6.07) is 3.97. The van der Waals surface area contributed by atoms with Crippen molar-refractivity contribution in [1.82, 2.24) is 15.0 Å². The SMILES string of the molecule is CN(C)c1cc(CNc2ncc(Cl)cn2)ccn1. The van der Waals surface area contributed by atoms with Gasteiger partial charge in [0, 0.05) is 26.8 Å². The lowest BCUT2D eigenvalue weighted by molar-refractivity contribution is 1.02. The molecule has 0 saturated heterocycles. The van der Waals surface area contributed by atoms with Gasteiger partial charge in [0.25, 0.3) is 0 Å². The summed E-state index contributed by atoms with van der Waals surface area (Å²) in [5.74, 6) is 1.48. The van der Waals surface area contributed by atoms with Crippen molar-refractivity contribution in [2.24, 2.45) is 0 Å². The second-order valence-electron chi connectivity index (χ2n) is 4.00. The minimum atomic E-state index is 0.527. The van der Waals surface area contributed by atoms with Crippen LogP contribution in [-0.2, 0) is 6.54 Å². The summed E-state index contributed by atoms with van der Waals surface area (Å²) in [6.45, 7) is 0.644. The Morgan fingerprint density at radius 3 is 2.61 bits per heavy atom. The summed E-state index contributed by atoms with van der Waals surface area (Å²) < 4.78 is 0. The Balaban J connectivity index is 2.01. The van der Waals surface area contributed by atoms with Gasteiger partial charge in [0.2, 0.25) is 5.95 Å². The number of hydrogen-bond donors (Lipinski definition) is 1. The quantitative estimate of drug-likeness (QED) is 0.917. The molecule has 0 atom stereocenters. The van der Waals surface area contributed by atoms with E-state index in [1.807, 2.05) is 31.1 Å². The second kappa shape index (κ2) is 5.64. The van der Waals surface area contributed by atoms with Gasteiger partial charge in [0.15, 0.2) is 0 Å². The molecule has 0 fully saturated rings. The molecule has 2 heterocycles. The maximum atomic E-state index is 5.72. The van der Waals surface area contributed by atoms with Gasteiger partial charge < -0.3 is 10.2 Å². The molecular formula is C12H14ClN5. The van der Waals surface area contributed by atoms with Gasteiger partial charge in [-0.15, -0.1) is 0 Å². The normalized spacial score (nSPS) is 10.2. The van der Waals surface area contributed by atoms with Crippen molar-refractivity contribution in [1.29, 1.82) is 0 Å². The molecular weight excluding hydrogens is 250 g/mol. The highest BCUT2D eigenvalue weighted by atomic mass is 35.5. The molecule has 2 rings (SSSR count). The molecule has 5 nitrogen and oxygen atoms in total. The fraction of sp³-hybridized carbons (Fsp3) is 0.250. The molecule has 0 unspecified atom stereocenters. The van der Waals surface area contributed by atoms with Crippen LogP contribution in [0.4, 0.5) is 11.8 Å². The van der Waals surface area contributed by atoms with Crippen molar-refractivity contribution in [2.75, 3.05) is 24.3 Å². The zero-order valence-corrected chi connectivity index (χ0v) is 11.0. The van der Waals surface area contributed by atoms with Gasteiger partial charge in [-0.2, -0.15) is 0 Å². The first-order valence-electron chi connectivity index (χ1n) is 5.49. The smallest absolute Gasteiger partial charge is 0.222 e. The number of nitrogens with zero attached hydrogens (tertiary/aromatic N) is 4. The molecule has 1 N–H and O–H groups in total. The molecule has 0 aliphatic carbocycles. The number of rotatable bonds is 4. The molecule has 0 spiro atoms. The van der Waals surface area contributed by atoms with Crippen molar-refractivity contribution in [3.8, 4) is 0 Å². The van der Waals surface area contributed by atoms with Crippen LogP contribution in [0.1, 0.15) is 5.56 Å². The molecule has 6 heteroatoms. The molecule has 2 aromatic rings. The third-order valence-corrected chi connectivity index (χ3v) is 2.53. The first kappa shape index (κ1) is 12.6. The summed E-state index contributed by atoms with van der Waals surface area (Å²) >= 11 is 5.72. The van der Waals surface area contributed by atoms with E-state index in [1.165, 1.54) is 0 Å². The first-order valence-corrected chi connectivity index (χ1v) is 5.86. The minimum absolute atomic E-state index is 0.527. The Kier molecular flexibility index (Phi) is 3.94. The van der Waals surface area contributed by atoms with Gasteiger partial charge in [-0.3, -0.25) is 0 Å². The Bertz CT molecular complexity index is 512. The van der Waals surface area contributed by atoms with Gasteiger partial charge in [-0.1, -0.05) is 11.6 Å². The Morgan fingerprint density at radius 1 is 1.22 bits per heavy atom. The highest BCUT2D eigenvalue weighted by molar-refractivity contribution is 6.30. The second-order valence-corrected chi connectivity index (χ2v) is 4.43. The molecule has 0 bridgehead atoms. The minimum Gasteiger partial charge on any atom is -0.363 e. The molecule has 18 heavy (non-hydrogen) atoms. The van der Waals surface area contributed by atoms with Crippen LogP contribution in [0.5, 0.6) is 0 Å². The molecule has 94 valence electrons. The monoisotopic (exact) mass is 263 g/mol. The van der Waals surface area contributed by atoms with E-state index in [1.54, 1.807) is 18.6 Å². The number of pyridine rings is 1. The summed E-state index contributed by atoms with van der Waals surface area (Å²) in [4.78, 5) is 14.4. The predicted molar refractivity (Wildman–Crippen MR) is 72.9 cm³/mol. The molecule has 0 aromatic carbocycles. The fourth-order valence-electron chi connectivity index (χ4n) is 1.40. The maximum absolute atomic E-state index is 5.72. The van der Waals surface area contributed by atoms with Crippen molar-refractivity contribution in [2.45, 2.75) is 6.54 Å². The van der Waals surface area contributed by atoms with Crippen LogP contribution in [0.15, 0.2) is 30.7 Å². The van der Waals surface area contributed by atoms with E-state index in [9.17, 15) is 0 Å². The number of aromatic nitrogens is 3. The highest BCUT2D eigenvalue weighted by Crippen LogP contribution is 2.11. The van der Waals surface area contributed by atoms with E-state index in [0.29, 0.717) is 17.5 Å². The van der Waals surface area contributed by atoms with Crippen LogP contribution in [0, 0.1) is 0 Å². The zero-order valence-electron chi connectivity index (χ0n) is 10.3. The van der Waals surface area contributed by atoms with Crippen molar-refractivity contribution in [3.63, 3.8) is 0 Å². The van der Waals surface area contributed by atoms with Gasteiger partial charge in [-0.05, 0) is 17.7 Å². The standard InChI is InChI=1S/C12H14ClN5/c1-18(2)11-5-9(3-4-14-11)6-15-12-16-7-10(13)8-17-12/h3-5,7-8H,6H2,1-2H3,(H,15,16,17).